The molecule has 0 aliphatic carbocycles. The minimum Gasteiger partial charge on any atom is -0.454 e. The molecule has 0 radical (unpaired) electrons. The van der Waals surface area contributed by atoms with Crippen LogP contribution in [-0.4, -0.2) is 18.5 Å². The largest absolute Gasteiger partial charge is 0.454 e. The SMILES string of the molecule is OC/C=C/Cc1ccc2c(c1)OCO2. The van der Waals surface area contributed by atoms with Gasteiger partial charge in [-0.2, -0.15) is 0 Å². The summed E-state index contributed by atoms with van der Waals surface area (Å²) >= 11 is 0. The third-order valence-corrected chi connectivity index (χ3v) is 2.06. The Bertz CT molecular complexity index is 344. The molecule has 0 unspecified atom stereocenters. The molecule has 1 aliphatic heterocycles. The number of aliphatic hydroxyl groups excluding tert-OH is 1. The molecule has 1 heterocycles. The minimum absolute atomic E-state index is 0.0878. The van der Waals surface area contributed by atoms with E-state index in [0.29, 0.717) is 6.79 Å². The van der Waals surface area contributed by atoms with Crippen molar-refractivity contribution in [3.05, 3.63) is 35.9 Å². The molecule has 1 aliphatic rings. The van der Waals surface area contributed by atoms with Crippen LogP contribution >= 0.6 is 0 Å². The van der Waals surface area contributed by atoms with Crippen LogP contribution in [0.2, 0.25) is 0 Å². The molecule has 0 saturated carbocycles. The first-order chi connectivity index (χ1) is 6.90. The van der Waals surface area contributed by atoms with E-state index < -0.39 is 0 Å². The monoisotopic (exact) mass is 192 g/mol. The second-order valence-corrected chi connectivity index (χ2v) is 3.05. The summed E-state index contributed by atoms with van der Waals surface area (Å²) in [5, 5.41) is 8.57. The lowest BCUT2D eigenvalue weighted by Gasteiger charge is -1.99. The number of fused-ring (bicyclic) bond motifs is 1. The van der Waals surface area contributed by atoms with Gasteiger partial charge in [-0.3, -0.25) is 0 Å². The van der Waals surface area contributed by atoms with Gasteiger partial charge in [-0.25, -0.2) is 0 Å². The molecule has 0 bridgehead atoms. The van der Waals surface area contributed by atoms with Gasteiger partial charge in [-0.1, -0.05) is 18.2 Å². The molecule has 1 N–H and O–H groups in total. The van der Waals surface area contributed by atoms with Crippen LogP contribution in [0, 0.1) is 0 Å². The van der Waals surface area contributed by atoms with Gasteiger partial charge in [0.25, 0.3) is 0 Å². The topological polar surface area (TPSA) is 38.7 Å². The molecule has 1 aromatic carbocycles. The van der Waals surface area contributed by atoms with Crippen LogP contribution in [0.5, 0.6) is 11.5 Å². The summed E-state index contributed by atoms with van der Waals surface area (Å²) in [5.41, 5.74) is 1.15. The van der Waals surface area contributed by atoms with Crippen LogP contribution in [0.1, 0.15) is 5.56 Å². The van der Waals surface area contributed by atoms with Crippen molar-refractivity contribution in [3.63, 3.8) is 0 Å². The number of hydrogen-bond acceptors (Lipinski definition) is 3. The predicted octanol–water partition coefficient (Wildman–Crippen LogP) is 1.51. The summed E-state index contributed by atoms with van der Waals surface area (Å²) in [6.07, 6.45) is 4.46. The van der Waals surface area contributed by atoms with E-state index in [0.717, 1.165) is 23.5 Å². The maximum absolute atomic E-state index is 8.57. The molecule has 0 amide bonds. The molecule has 0 fully saturated rings. The smallest absolute Gasteiger partial charge is 0.231 e. The maximum atomic E-state index is 8.57. The number of ether oxygens (including phenoxy) is 2. The van der Waals surface area contributed by atoms with Gasteiger partial charge in [0.1, 0.15) is 0 Å². The van der Waals surface area contributed by atoms with Gasteiger partial charge in [0.15, 0.2) is 11.5 Å². The minimum atomic E-state index is 0.0878. The lowest BCUT2D eigenvalue weighted by molar-refractivity contribution is 0.174. The quantitative estimate of drug-likeness (QED) is 0.738. The summed E-state index contributed by atoms with van der Waals surface area (Å²) in [6, 6.07) is 5.86. The number of benzene rings is 1. The fourth-order valence-electron chi connectivity index (χ4n) is 1.36. The number of rotatable bonds is 3. The zero-order valence-corrected chi connectivity index (χ0v) is 7.77. The van der Waals surface area contributed by atoms with Gasteiger partial charge in [-0.15, -0.1) is 0 Å². The van der Waals surface area contributed by atoms with E-state index in [2.05, 4.69) is 0 Å². The first kappa shape index (κ1) is 9.09. The van der Waals surface area contributed by atoms with Crippen LogP contribution in [0.25, 0.3) is 0 Å². The van der Waals surface area contributed by atoms with Gasteiger partial charge < -0.3 is 14.6 Å². The second-order valence-electron chi connectivity index (χ2n) is 3.05. The van der Waals surface area contributed by atoms with Crippen LogP contribution in [0.3, 0.4) is 0 Å². The zero-order chi connectivity index (χ0) is 9.80. The van der Waals surface area contributed by atoms with Crippen molar-refractivity contribution < 1.29 is 14.6 Å². The van der Waals surface area contributed by atoms with Gasteiger partial charge in [0, 0.05) is 0 Å². The highest BCUT2D eigenvalue weighted by Gasteiger charge is 2.12. The molecule has 74 valence electrons. The molecular weight excluding hydrogens is 180 g/mol. The molecule has 3 heteroatoms. The van der Waals surface area contributed by atoms with Crippen molar-refractivity contribution in [2.24, 2.45) is 0 Å². The highest BCUT2D eigenvalue weighted by atomic mass is 16.7. The molecule has 0 spiro atoms. The summed E-state index contributed by atoms with van der Waals surface area (Å²) in [6.45, 7) is 0.399. The van der Waals surface area contributed by atoms with E-state index in [4.69, 9.17) is 14.6 Å². The van der Waals surface area contributed by atoms with E-state index >= 15 is 0 Å². The Morgan fingerprint density at radius 1 is 1.21 bits per heavy atom. The van der Waals surface area contributed by atoms with Crippen LogP contribution < -0.4 is 9.47 Å². The number of allylic oxidation sites excluding steroid dienone is 1. The summed E-state index contributed by atoms with van der Waals surface area (Å²) < 4.78 is 10.4. The summed E-state index contributed by atoms with van der Waals surface area (Å²) in [7, 11) is 0. The van der Waals surface area contributed by atoms with Gasteiger partial charge in [-0.05, 0) is 24.1 Å². The molecule has 2 rings (SSSR count). The van der Waals surface area contributed by atoms with E-state index in [-0.39, 0.29) is 6.61 Å². The zero-order valence-electron chi connectivity index (χ0n) is 7.77. The van der Waals surface area contributed by atoms with Gasteiger partial charge >= 0.3 is 0 Å². The molecule has 0 atom stereocenters. The number of hydrogen-bond donors (Lipinski definition) is 1. The Kier molecular flexibility index (Phi) is 2.70. The van der Waals surface area contributed by atoms with Crippen molar-refractivity contribution in [2.45, 2.75) is 6.42 Å². The maximum Gasteiger partial charge on any atom is 0.231 e. The Labute approximate surface area is 82.6 Å². The molecule has 14 heavy (non-hydrogen) atoms. The standard InChI is InChI=1S/C11H12O3/c12-6-2-1-3-9-4-5-10-11(7-9)14-8-13-10/h1-2,4-5,7,12H,3,6,8H2/b2-1+. The second kappa shape index (κ2) is 4.15. The fraction of sp³-hybridized carbons (Fsp3) is 0.273. The predicted molar refractivity (Wildman–Crippen MR) is 52.5 cm³/mol. The Morgan fingerprint density at radius 3 is 2.93 bits per heavy atom. The van der Waals surface area contributed by atoms with Crippen LogP contribution in [0.4, 0.5) is 0 Å². The molecule has 0 saturated heterocycles. The van der Waals surface area contributed by atoms with Crippen molar-refractivity contribution >= 4 is 0 Å². The lowest BCUT2D eigenvalue weighted by Crippen LogP contribution is -1.92. The van der Waals surface area contributed by atoms with Crippen molar-refractivity contribution in [3.8, 4) is 11.5 Å². The van der Waals surface area contributed by atoms with E-state index in [1.54, 1.807) is 6.08 Å². The third kappa shape index (κ3) is 1.88. The highest BCUT2D eigenvalue weighted by Crippen LogP contribution is 2.32. The lowest BCUT2D eigenvalue weighted by atomic mass is 10.1. The first-order valence-electron chi connectivity index (χ1n) is 4.54. The Morgan fingerprint density at radius 2 is 2.07 bits per heavy atom. The molecule has 1 aromatic rings. The Balaban J connectivity index is 2.09. The van der Waals surface area contributed by atoms with Gasteiger partial charge in [0.05, 0.1) is 6.61 Å². The normalized spacial score (nSPS) is 13.8. The number of aliphatic hydroxyl groups is 1. The van der Waals surface area contributed by atoms with Crippen LogP contribution in [0.15, 0.2) is 30.4 Å². The van der Waals surface area contributed by atoms with Gasteiger partial charge in [0.2, 0.25) is 6.79 Å². The van der Waals surface area contributed by atoms with E-state index in [1.165, 1.54) is 0 Å². The fourth-order valence-corrected chi connectivity index (χ4v) is 1.36. The van der Waals surface area contributed by atoms with E-state index in [1.807, 2.05) is 24.3 Å². The third-order valence-electron chi connectivity index (χ3n) is 2.06. The molecule has 0 aromatic heterocycles. The summed E-state index contributed by atoms with van der Waals surface area (Å²) in [5.74, 6) is 1.61. The molecular formula is C11H12O3. The van der Waals surface area contributed by atoms with Crippen molar-refractivity contribution in [1.29, 1.82) is 0 Å². The first-order valence-corrected chi connectivity index (χ1v) is 4.54. The van der Waals surface area contributed by atoms with Crippen LogP contribution in [-0.2, 0) is 6.42 Å². The van der Waals surface area contributed by atoms with Crippen molar-refractivity contribution in [1.82, 2.24) is 0 Å². The average Bonchev–Trinajstić information content (AvgIpc) is 2.65. The van der Waals surface area contributed by atoms with Crippen molar-refractivity contribution in [2.75, 3.05) is 13.4 Å². The average molecular weight is 192 g/mol. The highest BCUT2D eigenvalue weighted by molar-refractivity contribution is 5.44. The van der Waals surface area contributed by atoms with E-state index in [9.17, 15) is 0 Å². The summed E-state index contributed by atoms with van der Waals surface area (Å²) in [4.78, 5) is 0. The Hall–Kier alpha value is -1.48. The molecule has 3 nitrogen and oxygen atoms in total.